The second-order valence-corrected chi connectivity index (χ2v) is 2.64. The maximum atomic E-state index is 5.51. The molecule has 0 saturated heterocycles. The minimum absolute atomic E-state index is 0.0894. The Morgan fingerprint density at radius 1 is 1.64 bits per heavy atom. The zero-order chi connectivity index (χ0) is 8.10. The lowest BCUT2D eigenvalue weighted by atomic mass is 10.0. The monoisotopic (exact) mass is 153 g/mol. The van der Waals surface area contributed by atoms with Gasteiger partial charge >= 0.3 is 0 Å². The van der Waals surface area contributed by atoms with Crippen LogP contribution in [-0.4, -0.2) is 19.8 Å². The highest BCUT2D eigenvalue weighted by Crippen LogP contribution is 2.14. The Morgan fingerprint density at radius 3 is 2.91 bits per heavy atom. The second-order valence-electron chi connectivity index (χ2n) is 2.64. The van der Waals surface area contributed by atoms with E-state index in [1.165, 1.54) is 5.57 Å². The van der Waals surface area contributed by atoms with E-state index in [2.05, 4.69) is 18.2 Å². The molecule has 0 aliphatic heterocycles. The third-order valence-electron chi connectivity index (χ3n) is 1.89. The van der Waals surface area contributed by atoms with Crippen molar-refractivity contribution in [3.8, 4) is 0 Å². The number of ether oxygens (including phenoxy) is 1. The summed E-state index contributed by atoms with van der Waals surface area (Å²) >= 11 is 0. The van der Waals surface area contributed by atoms with Crippen molar-refractivity contribution in [1.29, 1.82) is 0 Å². The molecule has 2 N–H and O–H groups in total. The molecule has 1 unspecified atom stereocenters. The van der Waals surface area contributed by atoms with Gasteiger partial charge in [0.2, 0.25) is 0 Å². The predicted octanol–water partition coefficient (Wildman–Crippen LogP) is 1.24. The van der Waals surface area contributed by atoms with Gasteiger partial charge in [-0.1, -0.05) is 18.2 Å². The van der Waals surface area contributed by atoms with Crippen molar-refractivity contribution < 1.29 is 4.74 Å². The second kappa shape index (κ2) is 4.31. The Hall–Kier alpha value is -0.600. The van der Waals surface area contributed by atoms with Gasteiger partial charge < -0.3 is 10.5 Å². The van der Waals surface area contributed by atoms with Crippen LogP contribution >= 0.6 is 0 Å². The molecule has 62 valence electrons. The lowest BCUT2D eigenvalue weighted by Crippen LogP contribution is -2.24. The van der Waals surface area contributed by atoms with Crippen LogP contribution < -0.4 is 5.73 Å². The Bertz CT molecular complexity index is 168. The average molecular weight is 153 g/mol. The largest absolute Gasteiger partial charge is 0.375 e. The first-order valence-electron chi connectivity index (χ1n) is 3.98. The lowest BCUT2D eigenvalue weighted by Gasteiger charge is -2.16. The summed E-state index contributed by atoms with van der Waals surface area (Å²) in [6, 6.07) is 0. The van der Waals surface area contributed by atoms with Crippen molar-refractivity contribution in [3.63, 3.8) is 0 Å². The molecule has 1 atom stereocenters. The lowest BCUT2D eigenvalue weighted by molar-refractivity contribution is 0.140. The molecule has 0 saturated carbocycles. The highest BCUT2D eigenvalue weighted by molar-refractivity contribution is 5.26. The van der Waals surface area contributed by atoms with Crippen molar-refractivity contribution in [1.82, 2.24) is 0 Å². The number of hydrogen-bond acceptors (Lipinski definition) is 2. The summed E-state index contributed by atoms with van der Waals surface area (Å²) in [6.07, 6.45) is 8.81. The minimum atomic E-state index is 0.0894. The van der Waals surface area contributed by atoms with Gasteiger partial charge in [-0.2, -0.15) is 0 Å². The molecular weight excluding hydrogens is 138 g/mol. The maximum Gasteiger partial charge on any atom is 0.0940 e. The Balaban J connectivity index is 2.56. The SMILES string of the molecule is COC(CN)C1=CCCC=C1. The maximum absolute atomic E-state index is 5.51. The van der Waals surface area contributed by atoms with Crippen LogP contribution in [0.4, 0.5) is 0 Å². The van der Waals surface area contributed by atoms with Gasteiger partial charge in [-0.05, 0) is 18.4 Å². The van der Waals surface area contributed by atoms with Gasteiger partial charge in [0.05, 0.1) is 6.10 Å². The number of hydrogen-bond donors (Lipinski definition) is 1. The van der Waals surface area contributed by atoms with E-state index in [4.69, 9.17) is 10.5 Å². The van der Waals surface area contributed by atoms with Crippen LogP contribution in [0.5, 0.6) is 0 Å². The fraction of sp³-hybridized carbons (Fsp3) is 0.556. The fourth-order valence-corrected chi connectivity index (χ4v) is 1.24. The van der Waals surface area contributed by atoms with Crippen molar-refractivity contribution in [3.05, 3.63) is 23.8 Å². The number of nitrogens with two attached hydrogens (primary N) is 1. The molecule has 0 bridgehead atoms. The van der Waals surface area contributed by atoms with Crippen LogP contribution in [0.2, 0.25) is 0 Å². The van der Waals surface area contributed by atoms with Crippen LogP contribution in [0.3, 0.4) is 0 Å². The van der Waals surface area contributed by atoms with E-state index in [1.54, 1.807) is 7.11 Å². The average Bonchev–Trinajstić information content (AvgIpc) is 2.09. The van der Waals surface area contributed by atoms with Gasteiger partial charge in [0.15, 0.2) is 0 Å². The van der Waals surface area contributed by atoms with Crippen molar-refractivity contribution in [2.24, 2.45) is 5.73 Å². The number of allylic oxidation sites excluding steroid dienone is 2. The Kier molecular flexibility index (Phi) is 3.33. The molecule has 11 heavy (non-hydrogen) atoms. The third kappa shape index (κ3) is 2.17. The van der Waals surface area contributed by atoms with E-state index in [0.29, 0.717) is 6.54 Å². The molecule has 2 nitrogen and oxygen atoms in total. The van der Waals surface area contributed by atoms with Crippen LogP contribution in [0.25, 0.3) is 0 Å². The van der Waals surface area contributed by atoms with Crippen LogP contribution in [0.15, 0.2) is 23.8 Å². The standard InChI is InChI=1S/C9H15NO/c1-11-9(7-10)8-5-3-2-4-6-8/h3,5-6,9H,2,4,7,10H2,1H3. The quantitative estimate of drug-likeness (QED) is 0.662. The first kappa shape index (κ1) is 8.50. The summed E-state index contributed by atoms with van der Waals surface area (Å²) in [5.74, 6) is 0. The Morgan fingerprint density at radius 2 is 2.45 bits per heavy atom. The van der Waals surface area contributed by atoms with E-state index >= 15 is 0 Å². The van der Waals surface area contributed by atoms with E-state index in [-0.39, 0.29) is 6.10 Å². The molecule has 0 amide bonds. The summed E-state index contributed by atoms with van der Waals surface area (Å²) in [5, 5.41) is 0. The van der Waals surface area contributed by atoms with Gasteiger partial charge in [-0.25, -0.2) is 0 Å². The van der Waals surface area contributed by atoms with Gasteiger partial charge in [-0.3, -0.25) is 0 Å². The first-order chi connectivity index (χ1) is 5.38. The van der Waals surface area contributed by atoms with Gasteiger partial charge in [0, 0.05) is 13.7 Å². The molecule has 0 fully saturated rings. The van der Waals surface area contributed by atoms with Crippen molar-refractivity contribution >= 4 is 0 Å². The molecule has 0 aromatic rings. The zero-order valence-electron chi connectivity index (χ0n) is 6.92. The van der Waals surface area contributed by atoms with Crippen LogP contribution in [0, 0.1) is 0 Å². The normalized spacial score (nSPS) is 19.6. The molecule has 0 radical (unpaired) electrons. The van der Waals surface area contributed by atoms with Crippen molar-refractivity contribution in [2.45, 2.75) is 18.9 Å². The topological polar surface area (TPSA) is 35.2 Å². The van der Waals surface area contributed by atoms with Crippen LogP contribution in [0.1, 0.15) is 12.8 Å². The number of rotatable bonds is 3. The highest BCUT2D eigenvalue weighted by atomic mass is 16.5. The van der Waals surface area contributed by atoms with Crippen molar-refractivity contribution in [2.75, 3.05) is 13.7 Å². The third-order valence-corrected chi connectivity index (χ3v) is 1.89. The Labute approximate surface area is 67.7 Å². The summed E-state index contributed by atoms with van der Waals surface area (Å²) in [5.41, 5.74) is 6.74. The molecule has 2 heteroatoms. The van der Waals surface area contributed by atoms with E-state index in [1.807, 2.05) is 0 Å². The smallest absolute Gasteiger partial charge is 0.0940 e. The minimum Gasteiger partial charge on any atom is -0.375 e. The van der Waals surface area contributed by atoms with Crippen LogP contribution in [-0.2, 0) is 4.74 Å². The van der Waals surface area contributed by atoms with Gasteiger partial charge in [0.25, 0.3) is 0 Å². The summed E-state index contributed by atoms with van der Waals surface area (Å²) in [7, 11) is 1.70. The van der Waals surface area contributed by atoms with E-state index < -0.39 is 0 Å². The first-order valence-corrected chi connectivity index (χ1v) is 3.98. The summed E-state index contributed by atoms with van der Waals surface area (Å²) in [4.78, 5) is 0. The molecule has 1 aliphatic carbocycles. The predicted molar refractivity (Wildman–Crippen MR) is 46.3 cm³/mol. The molecule has 0 aromatic heterocycles. The van der Waals surface area contributed by atoms with E-state index in [9.17, 15) is 0 Å². The number of methoxy groups -OCH3 is 1. The fourth-order valence-electron chi connectivity index (χ4n) is 1.24. The molecule has 0 aromatic carbocycles. The van der Waals surface area contributed by atoms with E-state index in [0.717, 1.165) is 12.8 Å². The highest BCUT2D eigenvalue weighted by Gasteiger charge is 2.09. The molecule has 1 aliphatic rings. The summed E-state index contributed by atoms with van der Waals surface area (Å²) in [6.45, 7) is 0.562. The molecular formula is C9H15NO. The molecule has 0 spiro atoms. The molecule has 0 heterocycles. The van der Waals surface area contributed by atoms with Gasteiger partial charge in [0.1, 0.15) is 0 Å². The van der Waals surface area contributed by atoms with Gasteiger partial charge in [-0.15, -0.1) is 0 Å². The molecule has 1 rings (SSSR count). The zero-order valence-corrected chi connectivity index (χ0v) is 6.92. The summed E-state index contributed by atoms with van der Waals surface area (Å²) < 4.78 is 5.19.